The molecule has 2 atom stereocenters. The fraction of sp³-hybridized carbons (Fsp3) is 0.351. The molecule has 0 bridgehead atoms. The summed E-state index contributed by atoms with van der Waals surface area (Å²) >= 11 is 0. The fourth-order valence-corrected chi connectivity index (χ4v) is 8.95. The molecule has 0 unspecified atom stereocenters. The number of halogens is 15. The molecule has 4 aromatic carbocycles. The van der Waals surface area contributed by atoms with Crippen molar-refractivity contribution in [1.29, 1.82) is 0 Å². The van der Waals surface area contributed by atoms with Crippen LogP contribution in [0.1, 0.15) is 123 Å². The number of carbonyl (C=O) groups is 8. The molecule has 0 saturated heterocycles. The predicted octanol–water partition coefficient (Wildman–Crippen LogP) is 13.6. The maximum absolute atomic E-state index is 13.0. The molecule has 0 aliphatic heterocycles. The number of carbonyl (C=O) groups excluding carboxylic acids is 6. The van der Waals surface area contributed by atoms with Crippen molar-refractivity contribution >= 4 is 72.2 Å². The molecule has 8 rings (SSSR count). The number of nitrogens with two attached hydrogens (primary N) is 2. The number of alkyl halides is 15. The van der Waals surface area contributed by atoms with Crippen molar-refractivity contribution < 1.29 is 119 Å². The third-order valence-electron chi connectivity index (χ3n) is 14.0. The molecule has 45 heteroatoms. The second-order valence-corrected chi connectivity index (χ2v) is 25.7. The largest absolute Gasteiger partial charge is 0.480 e. The predicted molar refractivity (Wildman–Crippen MR) is 408 cm³/mol. The average molecular weight is 1710 g/mol. The first-order chi connectivity index (χ1) is 53.0. The van der Waals surface area contributed by atoms with Gasteiger partial charge in [0, 0.05) is 71.4 Å². The van der Waals surface area contributed by atoms with E-state index in [1.54, 1.807) is 72.8 Å². The number of alkyl carbamates (subject to hydrolysis) is 1. The van der Waals surface area contributed by atoms with Crippen molar-refractivity contribution in [2.75, 3.05) is 6.54 Å². The summed E-state index contributed by atoms with van der Waals surface area (Å²) in [6.07, 6.45) is -10.00. The lowest BCUT2D eigenvalue weighted by molar-refractivity contribution is -0.175. The van der Waals surface area contributed by atoms with Crippen LogP contribution in [0.5, 0.6) is 0 Å². The Balaban J connectivity index is 0.00000149. The smallest absolute Gasteiger partial charge is 0.471 e. The number of aliphatic carboxylic acids is 2. The second-order valence-electron chi connectivity index (χ2n) is 25.7. The van der Waals surface area contributed by atoms with E-state index in [1.807, 2.05) is 10.9 Å². The van der Waals surface area contributed by atoms with E-state index < -0.39 is 131 Å². The van der Waals surface area contributed by atoms with Crippen molar-refractivity contribution in [2.24, 2.45) is 23.5 Å². The monoisotopic (exact) mass is 1710 g/mol. The number of hydrogen-bond acceptors (Lipinski definition) is 19. The summed E-state index contributed by atoms with van der Waals surface area (Å²) in [4.78, 5) is 105. The highest BCUT2D eigenvalue weighted by Crippen LogP contribution is 2.37. The molecule has 0 aliphatic rings. The number of carboxylic acids is 2. The van der Waals surface area contributed by atoms with Crippen molar-refractivity contribution in [3.05, 3.63) is 167 Å². The number of amides is 5. The molecule has 5 amide bonds. The molecular weight excluding hydrogens is 1620 g/mol. The number of benzene rings is 4. The van der Waals surface area contributed by atoms with Gasteiger partial charge in [-0.25, -0.2) is 64.7 Å². The molecular formula is C74H90F15N19O11. The summed E-state index contributed by atoms with van der Waals surface area (Å²) < 4.78 is 201. The van der Waals surface area contributed by atoms with E-state index in [9.17, 15) is 104 Å². The highest BCUT2D eigenvalue weighted by Gasteiger charge is 2.42. The summed E-state index contributed by atoms with van der Waals surface area (Å²) in [6, 6.07) is 11.5. The van der Waals surface area contributed by atoms with Crippen LogP contribution in [-0.4, -0.2) is 147 Å². The van der Waals surface area contributed by atoms with E-state index in [-0.39, 0.29) is 81.2 Å². The van der Waals surface area contributed by atoms with Gasteiger partial charge < -0.3 is 30.9 Å². The molecule has 119 heavy (non-hydrogen) atoms. The molecule has 0 fully saturated rings. The number of ether oxygens (including phenoxy) is 1. The first kappa shape index (κ1) is 106. The van der Waals surface area contributed by atoms with Gasteiger partial charge in [0.25, 0.3) is 11.8 Å². The maximum atomic E-state index is 13.0. The van der Waals surface area contributed by atoms with Gasteiger partial charge in [0.1, 0.15) is 43.0 Å². The van der Waals surface area contributed by atoms with Crippen LogP contribution in [0.25, 0.3) is 70.4 Å². The SMILES string of the molecule is C.C.C.C.CC(C)[C@H](NC(=O)OC(C)(C)C)C(=O)O.Cc1cc(-c2ncn(/C=C\C(=O)CNC(=O)[C@@H](NC(=O)C(F)(F)F)C(C)C)n2)cc(C(F)(F)F)c1.Cc1cc(-c2ncn(/C=C\C(=O)NN)n2)cc(C(F)(F)F)c1.Cc1cc(-c2ncn(/C=C\C(=O)NN)n2)cc(C(F)(F)F)c1.Cc1cc(-c2ncn(/C=C\C(=O)O)n2)cc(C(F)(F)F)c1. The molecule has 0 spiro atoms. The van der Waals surface area contributed by atoms with E-state index >= 15 is 0 Å². The lowest BCUT2D eigenvalue weighted by Crippen LogP contribution is -2.53. The Morgan fingerprint density at radius 1 is 0.437 bits per heavy atom. The molecule has 0 aliphatic carbocycles. The minimum absolute atomic E-state index is 0. The molecule has 8 aromatic rings. The molecule has 0 radical (unpaired) electrons. The van der Waals surface area contributed by atoms with Gasteiger partial charge in [0.15, 0.2) is 29.1 Å². The molecule has 4 aromatic heterocycles. The number of aromatic nitrogens is 12. The van der Waals surface area contributed by atoms with Crippen LogP contribution in [0, 0.1) is 39.5 Å². The van der Waals surface area contributed by atoms with E-state index in [2.05, 4.69) is 51.0 Å². The van der Waals surface area contributed by atoms with Crippen LogP contribution in [0.2, 0.25) is 0 Å². The van der Waals surface area contributed by atoms with E-state index in [1.165, 1.54) is 73.6 Å². The minimum Gasteiger partial charge on any atom is -0.480 e. The first-order valence-electron chi connectivity index (χ1n) is 32.8. The van der Waals surface area contributed by atoms with Crippen LogP contribution in [0.4, 0.5) is 70.7 Å². The topological polar surface area (TPSA) is 421 Å². The number of nitrogens with zero attached hydrogens (tertiary/aromatic N) is 12. The van der Waals surface area contributed by atoms with Gasteiger partial charge in [-0.2, -0.15) is 65.9 Å². The van der Waals surface area contributed by atoms with E-state index in [0.29, 0.717) is 22.3 Å². The first-order valence-corrected chi connectivity index (χ1v) is 32.8. The van der Waals surface area contributed by atoms with Gasteiger partial charge in [-0.15, -0.1) is 20.4 Å². The van der Waals surface area contributed by atoms with Crippen molar-refractivity contribution in [3.63, 3.8) is 0 Å². The van der Waals surface area contributed by atoms with Crippen molar-refractivity contribution in [2.45, 2.75) is 154 Å². The summed E-state index contributed by atoms with van der Waals surface area (Å²) in [5.41, 5.74) is 2.45. The average Bonchev–Trinajstić information content (AvgIpc) is 1.81. The maximum Gasteiger partial charge on any atom is 0.471 e. The van der Waals surface area contributed by atoms with Gasteiger partial charge in [-0.1, -0.05) is 57.4 Å². The van der Waals surface area contributed by atoms with Crippen LogP contribution in [0.15, 0.2) is 122 Å². The van der Waals surface area contributed by atoms with E-state index in [4.69, 9.17) is 26.6 Å². The molecule has 30 nitrogen and oxygen atoms in total. The number of rotatable bonds is 20. The second kappa shape index (κ2) is 45.5. The normalized spacial score (nSPS) is 12.1. The van der Waals surface area contributed by atoms with Gasteiger partial charge in [0.2, 0.25) is 5.91 Å². The van der Waals surface area contributed by atoms with Crippen molar-refractivity contribution in [3.8, 4) is 45.6 Å². The lowest BCUT2D eigenvalue weighted by atomic mass is 10.0. The van der Waals surface area contributed by atoms with E-state index in [0.717, 1.165) is 101 Å². The zero-order chi connectivity index (χ0) is 87.1. The Bertz CT molecular complexity index is 4730. The number of hydrogen-bond donors (Lipinski definition) is 9. The highest BCUT2D eigenvalue weighted by molar-refractivity contribution is 5.97. The van der Waals surface area contributed by atoms with Crippen LogP contribution in [-0.2, 0) is 63.0 Å². The zero-order valence-corrected chi connectivity index (χ0v) is 62.1. The van der Waals surface area contributed by atoms with Crippen LogP contribution >= 0.6 is 0 Å². The van der Waals surface area contributed by atoms with Crippen molar-refractivity contribution in [1.82, 2.24) is 85.9 Å². The third kappa shape index (κ3) is 36.4. The Morgan fingerprint density at radius 2 is 0.723 bits per heavy atom. The fourth-order valence-electron chi connectivity index (χ4n) is 8.95. The van der Waals surface area contributed by atoms with Crippen LogP contribution < -0.4 is 38.5 Å². The Kier molecular flexibility index (Phi) is 40.6. The van der Waals surface area contributed by atoms with Gasteiger partial charge in [-0.3, -0.25) is 34.8 Å². The summed E-state index contributed by atoms with van der Waals surface area (Å²) in [6.45, 7) is 17.0. The number of ketones is 1. The molecule has 0 saturated carbocycles. The minimum atomic E-state index is -5.17. The number of carboxylic acid groups (broad SMARTS) is 2. The Labute approximate surface area is 672 Å². The summed E-state index contributed by atoms with van der Waals surface area (Å²) in [5.74, 6) is 1.96. The number of hydrazine groups is 2. The Hall–Kier alpha value is -13.0. The van der Waals surface area contributed by atoms with Crippen LogP contribution in [0.3, 0.4) is 0 Å². The Morgan fingerprint density at radius 3 is 0.966 bits per heavy atom. The van der Waals surface area contributed by atoms with Gasteiger partial charge in [0.05, 0.1) is 28.8 Å². The summed E-state index contributed by atoms with van der Waals surface area (Å²) in [7, 11) is 0. The van der Waals surface area contributed by atoms with Gasteiger partial charge in [-0.05, 0) is 155 Å². The van der Waals surface area contributed by atoms with Gasteiger partial charge >= 0.3 is 54.8 Å². The number of aryl methyl sites for hydroxylation is 4. The quantitative estimate of drug-likeness (QED) is 0.0112. The third-order valence-corrected chi connectivity index (χ3v) is 14.0. The lowest BCUT2D eigenvalue weighted by Gasteiger charge is -2.23. The highest BCUT2D eigenvalue weighted by atomic mass is 19.4. The molecule has 652 valence electrons. The number of nitrogens with one attached hydrogen (secondary N) is 5. The molecule has 4 heterocycles. The molecule has 11 N–H and O–H groups in total. The summed E-state index contributed by atoms with van der Waals surface area (Å²) in [5, 5.41) is 39.2. The zero-order valence-electron chi connectivity index (χ0n) is 62.1. The standard InChI is InChI=1S/C21H21F6N5O3.2C13H12F3N5O.C13H10F3N3O2.C10H19NO4.4CH4/c1-11(2)16(30-19(35)21(25,26)27)18(34)28-9-15(33)4-5-32-10-29-17(31-32)13-6-12(3)7-14(8-13)20(22,23)24;2*1-8-4-9(6-10(5-8)13(14,15)16)12-18-7-21(20-12)3-2-11(22)19-17;1-8-4-9(6-10(5-8)13(14,15)16)12-17-7-19(18-12)3-2-11(20)21;1-6(2)7(8(12)13)11-9(14)15-10(3,4)5;;;;/h4-8,10-11,16H,9H2,1-3H3,(H,28,34)(H,30,35);2*2-7H,17H2,1H3,(H,19,22);2-7H,1H3,(H,20,21);6-7H,1-5H3,(H,11,14)(H,12,13);4*1H4/b5-4-;3*3-2-;;;;;/t16-;;;;7-;;;;/m0...0..../s1.